The van der Waals surface area contributed by atoms with Crippen LogP contribution in [0, 0.1) is 0 Å². The van der Waals surface area contributed by atoms with Crippen molar-refractivity contribution in [3.05, 3.63) is 59.9 Å². The minimum absolute atomic E-state index is 0.137. The van der Waals surface area contributed by atoms with E-state index in [9.17, 15) is 4.79 Å². The average Bonchev–Trinajstić information content (AvgIpc) is 2.60. The molecule has 0 saturated carbocycles. The maximum Gasteiger partial charge on any atom is 0.269 e. The lowest BCUT2D eigenvalue weighted by Crippen LogP contribution is -2.25. The number of amides is 1. The van der Waals surface area contributed by atoms with Gasteiger partial charge in [0.1, 0.15) is 5.69 Å². The van der Waals surface area contributed by atoms with Gasteiger partial charge in [-0.05, 0) is 30.5 Å². The summed E-state index contributed by atoms with van der Waals surface area (Å²) in [6, 6.07) is 13.8. The number of carbonyl (C=O) groups is 1. The monoisotopic (exact) mass is 313 g/mol. The van der Waals surface area contributed by atoms with Gasteiger partial charge in [0.2, 0.25) is 0 Å². The second kappa shape index (κ2) is 9.58. The number of nitrogens with one attached hydrogen (secondary N) is 2. The van der Waals surface area contributed by atoms with Crippen LogP contribution in [0.5, 0.6) is 0 Å². The molecule has 1 aromatic heterocycles. The number of hydrogen-bond donors (Lipinski definition) is 2. The van der Waals surface area contributed by atoms with Gasteiger partial charge in [0, 0.05) is 20.2 Å². The molecule has 1 heterocycles. The molecule has 1 amide bonds. The highest BCUT2D eigenvalue weighted by Crippen LogP contribution is 2.06. The Hall–Kier alpha value is -2.40. The Balaban J connectivity index is 1.70. The molecular formula is C18H23N3O2. The van der Waals surface area contributed by atoms with E-state index in [2.05, 4.69) is 27.8 Å². The van der Waals surface area contributed by atoms with E-state index in [4.69, 9.17) is 4.74 Å². The van der Waals surface area contributed by atoms with Crippen molar-refractivity contribution in [2.45, 2.75) is 12.8 Å². The van der Waals surface area contributed by atoms with Gasteiger partial charge < -0.3 is 15.4 Å². The summed E-state index contributed by atoms with van der Waals surface area (Å²) in [7, 11) is 1.66. The molecule has 5 heteroatoms. The van der Waals surface area contributed by atoms with Crippen molar-refractivity contribution in [2.75, 3.05) is 32.1 Å². The Kier molecular flexibility index (Phi) is 7.07. The molecule has 0 unspecified atom stereocenters. The van der Waals surface area contributed by atoms with Crippen molar-refractivity contribution in [3.63, 3.8) is 0 Å². The van der Waals surface area contributed by atoms with Gasteiger partial charge in [-0.25, -0.2) is 4.98 Å². The molecule has 0 fully saturated rings. The highest BCUT2D eigenvalue weighted by molar-refractivity contribution is 5.92. The third-order valence-electron chi connectivity index (χ3n) is 3.40. The minimum atomic E-state index is -0.137. The summed E-state index contributed by atoms with van der Waals surface area (Å²) in [5, 5.41) is 6.06. The number of ether oxygens (including phenoxy) is 1. The number of aryl methyl sites for hydroxylation is 1. The molecule has 0 aliphatic rings. The Morgan fingerprint density at radius 3 is 2.65 bits per heavy atom. The molecule has 0 spiro atoms. The summed E-state index contributed by atoms with van der Waals surface area (Å²) in [5.74, 6) is -0.137. The van der Waals surface area contributed by atoms with Crippen LogP contribution < -0.4 is 10.6 Å². The van der Waals surface area contributed by atoms with Crippen LogP contribution in [0.3, 0.4) is 0 Å². The summed E-state index contributed by atoms with van der Waals surface area (Å²) in [6.45, 7) is 1.98. The van der Waals surface area contributed by atoms with Crippen molar-refractivity contribution in [3.8, 4) is 0 Å². The van der Waals surface area contributed by atoms with Crippen molar-refractivity contribution in [1.82, 2.24) is 10.3 Å². The predicted molar refractivity (Wildman–Crippen MR) is 91.7 cm³/mol. The number of aromatic nitrogens is 1. The quantitative estimate of drug-likeness (QED) is 0.698. The molecule has 0 radical (unpaired) electrons. The van der Waals surface area contributed by atoms with Crippen LogP contribution in [0.25, 0.3) is 0 Å². The lowest BCUT2D eigenvalue weighted by atomic mass is 10.1. The fraction of sp³-hybridized carbons (Fsp3) is 0.333. The summed E-state index contributed by atoms with van der Waals surface area (Å²) in [5.41, 5.74) is 2.59. The number of hydrogen-bond acceptors (Lipinski definition) is 4. The van der Waals surface area contributed by atoms with Crippen molar-refractivity contribution in [1.29, 1.82) is 0 Å². The molecule has 122 valence electrons. The van der Waals surface area contributed by atoms with Crippen molar-refractivity contribution < 1.29 is 9.53 Å². The third kappa shape index (κ3) is 6.08. The van der Waals surface area contributed by atoms with E-state index in [1.165, 1.54) is 5.56 Å². The molecular weight excluding hydrogens is 290 g/mol. The Bertz CT molecular complexity index is 585. The molecule has 0 aliphatic heterocycles. The van der Waals surface area contributed by atoms with Crippen LogP contribution in [-0.4, -0.2) is 37.7 Å². The average molecular weight is 313 g/mol. The van der Waals surface area contributed by atoms with Gasteiger partial charge in [0.15, 0.2) is 0 Å². The Labute approximate surface area is 137 Å². The zero-order valence-electron chi connectivity index (χ0n) is 13.4. The van der Waals surface area contributed by atoms with Crippen LogP contribution in [0.15, 0.2) is 48.7 Å². The molecule has 0 aliphatic carbocycles. The zero-order chi connectivity index (χ0) is 16.3. The minimum Gasteiger partial charge on any atom is -0.383 e. The highest BCUT2D eigenvalue weighted by atomic mass is 16.5. The Morgan fingerprint density at radius 2 is 1.96 bits per heavy atom. The standard InChI is InChI=1S/C18H23N3O2/c1-23-13-12-19-16-9-10-17(21-14-16)18(22)20-11-5-8-15-6-3-2-4-7-15/h2-4,6-7,9-10,14,19H,5,8,11-13H2,1H3,(H,20,22). The van der Waals surface area contributed by atoms with E-state index < -0.39 is 0 Å². The normalized spacial score (nSPS) is 10.3. The summed E-state index contributed by atoms with van der Waals surface area (Å²) >= 11 is 0. The summed E-state index contributed by atoms with van der Waals surface area (Å²) in [4.78, 5) is 16.2. The van der Waals surface area contributed by atoms with Gasteiger partial charge in [-0.2, -0.15) is 0 Å². The van der Waals surface area contributed by atoms with E-state index in [0.717, 1.165) is 18.5 Å². The Morgan fingerprint density at radius 1 is 1.13 bits per heavy atom. The molecule has 2 aromatic rings. The van der Waals surface area contributed by atoms with E-state index in [0.29, 0.717) is 25.4 Å². The molecule has 0 saturated heterocycles. The first-order valence-corrected chi connectivity index (χ1v) is 7.80. The van der Waals surface area contributed by atoms with Crippen molar-refractivity contribution >= 4 is 11.6 Å². The summed E-state index contributed by atoms with van der Waals surface area (Å²) in [6.07, 6.45) is 3.53. The SMILES string of the molecule is COCCNc1ccc(C(=O)NCCCc2ccccc2)nc1. The number of benzene rings is 1. The molecule has 0 bridgehead atoms. The van der Waals surface area contributed by atoms with Gasteiger partial charge in [-0.3, -0.25) is 4.79 Å². The molecule has 2 rings (SSSR count). The molecule has 0 atom stereocenters. The first-order valence-electron chi connectivity index (χ1n) is 7.80. The number of nitrogens with zero attached hydrogens (tertiary/aromatic N) is 1. The molecule has 2 N–H and O–H groups in total. The maximum atomic E-state index is 12.0. The maximum absolute atomic E-state index is 12.0. The number of carbonyl (C=O) groups excluding carboxylic acids is 1. The fourth-order valence-corrected chi connectivity index (χ4v) is 2.16. The second-order valence-corrected chi connectivity index (χ2v) is 5.20. The van der Waals surface area contributed by atoms with Crippen LogP contribution >= 0.6 is 0 Å². The number of pyridine rings is 1. The highest BCUT2D eigenvalue weighted by Gasteiger charge is 2.06. The predicted octanol–water partition coefficient (Wildman–Crippen LogP) is 2.50. The lowest BCUT2D eigenvalue weighted by Gasteiger charge is -2.07. The van der Waals surface area contributed by atoms with Crippen LogP contribution in [-0.2, 0) is 11.2 Å². The third-order valence-corrected chi connectivity index (χ3v) is 3.40. The van der Waals surface area contributed by atoms with Gasteiger partial charge in [-0.1, -0.05) is 30.3 Å². The zero-order valence-corrected chi connectivity index (χ0v) is 13.4. The molecule has 1 aromatic carbocycles. The first kappa shape index (κ1) is 17.0. The van der Waals surface area contributed by atoms with E-state index in [-0.39, 0.29) is 5.91 Å². The number of rotatable bonds is 9. The fourth-order valence-electron chi connectivity index (χ4n) is 2.16. The topological polar surface area (TPSA) is 63.2 Å². The lowest BCUT2D eigenvalue weighted by molar-refractivity contribution is 0.0948. The van der Waals surface area contributed by atoms with E-state index in [1.807, 2.05) is 24.3 Å². The van der Waals surface area contributed by atoms with Gasteiger partial charge in [0.05, 0.1) is 18.5 Å². The van der Waals surface area contributed by atoms with Crippen molar-refractivity contribution in [2.24, 2.45) is 0 Å². The smallest absolute Gasteiger partial charge is 0.269 e. The van der Waals surface area contributed by atoms with Crippen LogP contribution in [0.4, 0.5) is 5.69 Å². The van der Waals surface area contributed by atoms with Crippen LogP contribution in [0.1, 0.15) is 22.5 Å². The van der Waals surface area contributed by atoms with E-state index >= 15 is 0 Å². The first-order chi connectivity index (χ1) is 11.3. The number of methoxy groups -OCH3 is 1. The molecule has 23 heavy (non-hydrogen) atoms. The van der Waals surface area contributed by atoms with Gasteiger partial charge in [-0.15, -0.1) is 0 Å². The van der Waals surface area contributed by atoms with E-state index in [1.54, 1.807) is 19.4 Å². The van der Waals surface area contributed by atoms with Crippen LogP contribution in [0.2, 0.25) is 0 Å². The summed E-state index contributed by atoms with van der Waals surface area (Å²) < 4.78 is 4.97. The largest absolute Gasteiger partial charge is 0.383 e. The second-order valence-electron chi connectivity index (χ2n) is 5.20. The number of anilines is 1. The van der Waals surface area contributed by atoms with Gasteiger partial charge in [0.25, 0.3) is 5.91 Å². The van der Waals surface area contributed by atoms with Gasteiger partial charge >= 0.3 is 0 Å². The molecule has 5 nitrogen and oxygen atoms in total.